The Balaban J connectivity index is 1.71. The molecular weight excluding hydrogens is 316 g/mol. The highest BCUT2D eigenvalue weighted by molar-refractivity contribution is 6.02. The summed E-state index contributed by atoms with van der Waals surface area (Å²) in [4.78, 5) is 13.3. The number of aliphatic hydroxyl groups is 2. The summed E-state index contributed by atoms with van der Waals surface area (Å²) in [6, 6.07) is 0. The molecule has 4 nitrogen and oxygen atoms in total. The molecule has 25 heavy (non-hydrogen) atoms. The molecular formula is C21H30O4. The van der Waals surface area contributed by atoms with Gasteiger partial charge in [-0.1, -0.05) is 19.9 Å². The van der Waals surface area contributed by atoms with Crippen molar-refractivity contribution in [3.63, 3.8) is 0 Å². The number of carbonyl (C=O) groups excluding carboxylic acids is 1. The molecule has 5 aliphatic carbocycles. The van der Waals surface area contributed by atoms with E-state index in [4.69, 9.17) is 4.74 Å². The first-order valence-electron chi connectivity index (χ1n) is 10.0. The van der Waals surface area contributed by atoms with E-state index in [1.807, 2.05) is 0 Å². The van der Waals surface area contributed by atoms with Gasteiger partial charge in [0.15, 0.2) is 5.78 Å². The van der Waals surface area contributed by atoms with Gasteiger partial charge in [0.25, 0.3) is 0 Å². The largest absolute Gasteiger partial charge is 0.394 e. The highest BCUT2D eigenvalue weighted by Crippen LogP contribution is 2.73. The molecule has 0 amide bonds. The van der Waals surface area contributed by atoms with Gasteiger partial charge in [0.05, 0.1) is 30.8 Å². The number of Topliss-reactive ketones (excluding diaryl/α,β-unsaturated/α-hetero) is 1. The monoisotopic (exact) mass is 346 g/mol. The van der Waals surface area contributed by atoms with Crippen molar-refractivity contribution >= 4 is 5.78 Å². The molecule has 1 heterocycles. The average molecular weight is 346 g/mol. The van der Waals surface area contributed by atoms with Crippen molar-refractivity contribution in [2.45, 2.75) is 64.1 Å². The number of aliphatic hydroxyl groups excluding tert-OH is 2. The molecule has 0 aromatic carbocycles. The molecule has 5 saturated carbocycles. The molecule has 138 valence electrons. The van der Waals surface area contributed by atoms with Gasteiger partial charge < -0.3 is 14.9 Å². The van der Waals surface area contributed by atoms with E-state index < -0.39 is 11.5 Å². The lowest BCUT2D eigenvalue weighted by Gasteiger charge is -2.72. The van der Waals surface area contributed by atoms with Crippen molar-refractivity contribution in [2.75, 3.05) is 13.2 Å². The van der Waals surface area contributed by atoms with Crippen LogP contribution in [0.2, 0.25) is 0 Å². The molecule has 1 spiro atoms. The first-order valence-corrected chi connectivity index (χ1v) is 10.0. The Labute approximate surface area is 149 Å². The van der Waals surface area contributed by atoms with Gasteiger partial charge in [-0.3, -0.25) is 4.79 Å². The fraction of sp³-hybridized carbons (Fsp3) is 0.857. The Bertz CT molecular complexity index is 644. The SMILES string of the molecule is C=C1C(=O)[C@]23CC[C@H]1CC2[C@@]12CCC[C@@](C)(CO[C@H]1CO)C2C[C@H]3O. The minimum absolute atomic E-state index is 0.0229. The number of rotatable bonds is 1. The van der Waals surface area contributed by atoms with Crippen LogP contribution in [-0.4, -0.2) is 41.4 Å². The Kier molecular flexibility index (Phi) is 3.27. The number of allylic oxidation sites excluding steroid dienone is 1. The van der Waals surface area contributed by atoms with Gasteiger partial charge >= 0.3 is 0 Å². The summed E-state index contributed by atoms with van der Waals surface area (Å²) < 4.78 is 6.24. The van der Waals surface area contributed by atoms with Crippen LogP contribution in [0, 0.1) is 34.0 Å². The first-order chi connectivity index (χ1) is 11.9. The number of hydrogen-bond acceptors (Lipinski definition) is 4. The van der Waals surface area contributed by atoms with E-state index in [0.717, 1.165) is 44.1 Å². The van der Waals surface area contributed by atoms with Crippen LogP contribution < -0.4 is 0 Å². The summed E-state index contributed by atoms with van der Waals surface area (Å²) in [6.45, 7) is 7.08. The Hall–Kier alpha value is -0.710. The predicted molar refractivity (Wildman–Crippen MR) is 92.7 cm³/mol. The van der Waals surface area contributed by atoms with Crippen molar-refractivity contribution < 1.29 is 19.7 Å². The quantitative estimate of drug-likeness (QED) is 0.716. The van der Waals surface area contributed by atoms with Crippen LogP contribution >= 0.6 is 0 Å². The molecule has 0 aromatic rings. The van der Waals surface area contributed by atoms with Crippen LogP contribution in [0.4, 0.5) is 0 Å². The van der Waals surface area contributed by atoms with Gasteiger partial charge in [-0.15, -0.1) is 0 Å². The van der Waals surface area contributed by atoms with Crippen LogP contribution in [-0.2, 0) is 9.53 Å². The highest BCUT2D eigenvalue weighted by Gasteiger charge is 2.74. The van der Waals surface area contributed by atoms with Crippen LogP contribution in [0.25, 0.3) is 0 Å². The molecule has 6 rings (SSSR count). The van der Waals surface area contributed by atoms with Crippen LogP contribution in [0.15, 0.2) is 12.2 Å². The maximum atomic E-state index is 13.3. The third-order valence-electron chi connectivity index (χ3n) is 9.19. The second-order valence-corrected chi connectivity index (χ2v) is 9.82. The second-order valence-electron chi connectivity index (χ2n) is 9.82. The Morgan fingerprint density at radius 2 is 2.04 bits per heavy atom. The van der Waals surface area contributed by atoms with Gasteiger partial charge in [0.1, 0.15) is 0 Å². The predicted octanol–water partition coefficient (Wildman–Crippen LogP) is 2.48. The third-order valence-corrected chi connectivity index (χ3v) is 9.19. The molecule has 4 bridgehead atoms. The fourth-order valence-electron chi connectivity index (χ4n) is 8.12. The lowest BCUT2D eigenvalue weighted by Crippen LogP contribution is -2.74. The molecule has 4 heteroatoms. The zero-order valence-corrected chi connectivity index (χ0v) is 15.2. The molecule has 6 aliphatic rings. The summed E-state index contributed by atoms with van der Waals surface area (Å²) in [5.74, 6) is 0.845. The van der Waals surface area contributed by atoms with Gasteiger partial charge in [0.2, 0.25) is 0 Å². The molecule has 0 radical (unpaired) electrons. The van der Waals surface area contributed by atoms with Gasteiger partial charge in [0, 0.05) is 5.41 Å². The van der Waals surface area contributed by atoms with Gasteiger partial charge in [-0.05, 0) is 67.3 Å². The van der Waals surface area contributed by atoms with E-state index in [1.165, 1.54) is 0 Å². The van der Waals surface area contributed by atoms with Crippen LogP contribution in [0.3, 0.4) is 0 Å². The first kappa shape index (κ1) is 16.5. The molecule has 8 atom stereocenters. The molecule has 2 N–H and O–H groups in total. The van der Waals surface area contributed by atoms with Crippen molar-refractivity contribution in [2.24, 2.45) is 34.0 Å². The Morgan fingerprint density at radius 1 is 1.24 bits per heavy atom. The second kappa shape index (κ2) is 4.96. The molecule has 6 fully saturated rings. The molecule has 2 unspecified atom stereocenters. The minimum Gasteiger partial charge on any atom is -0.394 e. The lowest BCUT2D eigenvalue weighted by atomic mass is 9.34. The van der Waals surface area contributed by atoms with E-state index in [1.54, 1.807) is 0 Å². The van der Waals surface area contributed by atoms with E-state index in [9.17, 15) is 15.0 Å². The van der Waals surface area contributed by atoms with Crippen molar-refractivity contribution in [3.8, 4) is 0 Å². The summed E-state index contributed by atoms with van der Waals surface area (Å²) in [5, 5.41) is 21.4. The topological polar surface area (TPSA) is 66.8 Å². The molecule has 1 saturated heterocycles. The maximum absolute atomic E-state index is 13.3. The third kappa shape index (κ3) is 1.68. The van der Waals surface area contributed by atoms with E-state index in [2.05, 4.69) is 13.5 Å². The maximum Gasteiger partial charge on any atom is 0.167 e. The Morgan fingerprint density at radius 3 is 2.80 bits per heavy atom. The van der Waals surface area contributed by atoms with Crippen LogP contribution in [0.5, 0.6) is 0 Å². The number of hydrogen-bond donors (Lipinski definition) is 2. The zero-order chi connectivity index (χ0) is 17.6. The van der Waals surface area contributed by atoms with Gasteiger partial charge in [-0.25, -0.2) is 0 Å². The zero-order valence-electron chi connectivity index (χ0n) is 15.2. The summed E-state index contributed by atoms with van der Waals surface area (Å²) in [6.07, 6.45) is 5.88. The van der Waals surface area contributed by atoms with Crippen molar-refractivity contribution in [1.29, 1.82) is 0 Å². The lowest BCUT2D eigenvalue weighted by molar-refractivity contribution is -0.300. The number of ether oxygens (including phenoxy) is 1. The fourth-order valence-corrected chi connectivity index (χ4v) is 8.12. The van der Waals surface area contributed by atoms with E-state index in [-0.39, 0.29) is 41.2 Å². The molecule has 0 aromatic heterocycles. The smallest absolute Gasteiger partial charge is 0.167 e. The summed E-state index contributed by atoms with van der Waals surface area (Å²) in [5.41, 5.74) is -0.0288. The number of carbonyl (C=O) groups is 1. The molecule has 1 aliphatic heterocycles. The standard InChI is InChI=1S/C21H30O4/c1-12-13-4-7-21(18(12)24)15(8-13)20-6-3-5-19(2,11-25-17(20)10-22)14(20)9-16(21)23/h13-17,22-23H,1,3-11H2,2H3/t13-,14?,15?,16+,17-,19-,20-,21+/m0/s1. The minimum atomic E-state index is -0.672. The van der Waals surface area contributed by atoms with Crippen LogP contribution in [0.1, 0.15) is 51.9 Å². The number of ketones is 1. The van der Waals surface area contributed by atoms with Crippen molar-refractivity contribution in [3.05, 3.63) is 12.2 Å². The number of fused-ring (bicyclic) bond motifs is 2. The van der Waals surface area contributed by atoms with E-state index >= 15 is 0 Å². The summed E-state index contributed by atoms with van der Waals surface area (Å²) in [7, 11) is 0. The van der Waals surface area contributed by atoms with Gasteiger partial charge in [-0.2, -0.15) is 0 Å². The average Bonchev–Trinajstić information content (AvgIpc) is 2.60. The summed E-state index contributed by atoms with van der Waals surface area (Å²) >= 11 is 0. The normalized spacial score (nSPS) is 57.2. The van der Waals surface area contributed by atoms with E-state index in [0.29, 0.717) is 18.9 Å². The highest BCUT2D eigenvalue weighted by atomic mass is 16.5. The van der Waals surface area contributed by atoms with Crippen molar-refractivity contribution in [1.82, 2.24) is 0 Å².